The van der Waals surface area contributed by atoms with Gasteiger partial charge in [0.1, 0.15) is 0 Å². The van der Waals surface area contributed by atoms with Crippen LogP contribution in [0.5, 0.6) is 0 Å². The molecule has 1 fully saturated rings. The highest BCUT2D eigenvalue weighted by Gasteiger charge is 2.37. The zero-order valence-corrected chi connectivity index (χ0v) is 9.78. The molecule has 1 aromatic rings. The molecule has 0 saturated heterocycles. The summed E-state index contributed by atoms with van der Waals surface area (Å²) in [7, 11) is 0. The van der Waals surface area contributed by atoms with E-state index >= 15 is 0 Å². The van der Waals surface area contributed by atoms with E-state index in [0.717, 1.165) is 25.2 Å². The fourth-order valence-corrected chi connectivity index (χ4v) is 2.68. The number of hydrogen-bond acceptors (Lipinski definition) is 2. The molecule has 86 valence electrons. The number of hydrogen-bond donors (Lipinski definition) is 1. The standard InChI is InChI=1S/C14H19NO/c1-2-10-7-13(10)15-14-9-16-8-11-5-3-4-6-12(11)14/h3-6,10,13-15H,2,7-9H2,1H3. The third kappa shape index (κ3) is 1.87. The van der Waals surface area contributed by atoms with Gasteiger partial charge in [0, 0.05) is 6.04 Å². The summed E-state index contributed by atoms with van der Waals surface area (Å²) in [5.74, 6) is 0.897. The van der Waals surface area contributed by atoms with Gasteiger partial charge in [-0.15, -0.1) is 0 Å². The van der Waals surface area contributed by atoms with Crippen LogP contribution < -0.4 is 5.32 Å². The van der Waals surface area contributed by atoms with Crippen molar-refractivity contribution in [2.24, 2.45) is 5.92 Å². The maximum Gasteiger partial charge on any atom is 0.0721 e. The van der Waals surface area contributed by atoms with E-state index in [4.69, 9.17) is 4.74 Å². The summed E-state index contributed by atoms with van der Waals surface area (Å²) < 4.78 is 5.64. The van der Waals surface area contributed by atoms with Crippen LogP contribution >= 0.6 is 0 Å². The molecule has 3 rings (SSSR count). The lowest BCUT2D eigenvalue weighted by Gasteiger charge is -2.26. The number of rotatable bonds is 3. The maximum absolute atomic E-state index is 5.64. The summed E-state index contributed by atoms with van der Waals surface area (Å²) in [5.41, 5.74) is 2.79. The molecule has 1 aliphatic heterocycles. The third-order valence-corrected chi connectivity index (χ3v) is 3.83. The molecular weight excluding hydrogens is 198 g/mol. The van der Waals surface area contributed by atoms with E-state index in [1.54, 1.807) is 0 Å². The average molecular weight is 217 g/mol. The van der Waals surface area contributed by atoms with Crippen LogP contribution in [0.1, 0.15) is 36.9 Å². The Bertz CT molecular complexity index is 377. The molecule has 1 aliphatic carbocycles. The molecule has 2 heteroatoms. The summed E-state index contributed by atoms with van der Waals surface area (Å²) in [6.07, 6.45) is 2.64. The van der Waals surface area contributed by atoms with Crippen molar-refractivity contribution in [2.75, 3.05) is 6.61 Å². The highest BCUT2D eigenvalue weighted by atomic mass is 16.5. The van der Waals surface area contributed by atoms with E-state index in [2.05, 4.69) is 36.5 Å². The van der Waals surface area contributed by atoms with Gasteiger partial charge >= 0.3 is 0 Å². The average Bonchev–Trinajstić information content (AvgIpc) is 3.08. The highest BCUT2D eigenvalue weighted by molar-refractivity contribution is 5.31. The molecule has 1 saturated carbocycles. The molecule has 16 heavy (non-hydrogen) atoms. The monoisotopic (exact) mass is 217 g/mol. The summed E-state index contributed by atoms with van der Waals surface area (Å²) in [6, 6.07) is 9.77. The van der Waals surface area contributed by atoms with Gasteiger partial charge < -0.3 is 10.1 Å². The van der Waals surface area contributed by atoms with Gasteiger partial charge in [-0.1, -0.05) is 37.6 Å². The molecule has 2 aliphatic rings. The van der Waals surface area contributed by atoms with Gasteiger partial charge in [-0.2, -0.15) is 0 Å². The topological polar surface area (TPSA) is 21.3 Å². The van der Waals surface area contributed by atoms with Gasteiger partial charge in [-0.3, -0.25) is 0 Å². The van der Waals surface area contributed by atoms with Gasteiger partial charge in [0.15, 0.2) is 0 Å². The largest absolute Gasteiger partial charge is 0.375 e. The Labute approximate surface area is 97.0 Å². The van der Waals surface area contributed by atoms with Crippen LogP contribution in [0.3, 0.4) is 0 Å². The SMILES string of the molecule is CCC1CC1NC1COCc2ccccc21. The molecule has 1 aromatic carbocycles. The van der Waals surface area contributed by atoms with Crippen molar-refractivity contribution in [3.63, 3.8) is 0 Å². The van der Waals surface area contributed by atoms with E-state index in [1.165, 1.54) is 24.0 Å². The molecule has 0 bridgehead atoms. The zero-order valence-electron chi connectivity index (χ0n) is 9.78. The van der Waals surface area contributed by atoms with Crippen LogP contribution in [0, 0.1) is 5.92 Å². The van der Waals surface area contributed by atoms with E-state index in [-0.39, 0.29) is 0 Å². The van der Waals surface area contributed by atoms with Crippen molar-refractivity contribution in [3.05, 3.63) is 35.4 Å². The van der Waals surface area contributed by atoms with Gasteiger partial charge in [0.2, 0.25) is 0 Å². The third-order valence-electron chi connectivity index (χ3n) is 3.83. The summed E-state index contributed by atoms with van der Waals surface area (Å²) in [4.78, 5) is 0. The van der Waals surface area contributed by atoms with E-state index in [0.29, 0.717) is 6.04 Å². The van der Waals surface area contributed by atoms with Crippen molar-refractivity contribution >= 4 is 0 Å². The normalized spacial score (nSPS) is 32.2. The Hall–Kier alpha value is -0.860. The van der Waals surface area contributed by atoms with Crippen molar-refractivity contribution in [2.45, 2.75) is 38.5 Å². The first-order valence-corrected chi connectivity index (χ1v) is 6.30. The minimum Gasteiger partial charge on any atom is -0.375 e. The Morgan fingerprint density at radius 1 is 1.38 bits per heavy atom. The van der Waals surface area contributed by atoms with E-state index < -0.39 is 0 Å². The maximum atomic E-state index is 5.64. The second kappa shape index (κ2) is 4.19. The van der Waals surface area contributed by atoms with Crippen LogP contribution in [0.4, 0.5) is 0 Å². The molecule has 1 N–H and O–H groups in total. The smallest absolute Gasteiger partial charge is 0.0721 e. The minimum atomic E-state index is 0.409. The number of fused-ring (bicyclic) bond motifs is 1. The van der Waals surface area contributed by atoms with Gasteiger partial charge in [0.25, 0.3) is 0 Å². The van der Waals surface area contributed by atoms with Crippen molar-refractivity contribution in [1.29, 1.82) is 0 Å². The van der Waals surface area contributed by atoms with Crippen molar-refractivity contribution in [1.82, 2.24) is 5.32 Å². The summed E-state index contributed by atoms with van der Waals surface area (Å²) >= 11 is 0. The molecule has 0 spiro atoms. The molecular formula is C14H19NO. The second-order valence-electron chi connectivity index (χ2n) is 4.94. The number of nitrogens with one attached hydrogen (secondary N) is 1. The molecule has 3 atom stereocenters. The first-order valence-electron chi connectivity index (χ1n) is 6.30. The van der Waals surface area contributed by atoms with E-state index in [1.807, 2.05) is 0 Å². The molecule has 3 unspecified atom stereocenters. The minimum absolute atomic E-state index is 0.409. The first-order chi connectivity index (χ1) is 7.88. The van der Waals surface area contributed by atoms with Crippen molar-refractivity contribution in [3.8, 4) is 0 Å². The fourth-order valence-electron chi connectivity index (χ4n) is 2.68. The molecule has 0 radical (unpaired) electrons. The van der Waals surface area contributed by atoms with Crippen LogP contribution in [0.25, 0.3) is 0 Å². The summed E-state index contributed by atoms with van der Waals surface area (Å²) in [5, 5.41) is 3.72. The first kappa shape index (κ1) is 10.3. The number of benzene rings is 1. The quantitative estimate of drug-likeness (QED) is 0.840. The predicted octanol–water partition coefficient (Wildman–Crippen LogP) is 2.65. The fraction of sp³-hybridized carbons (Fsp3) is 0.571. The Balaban J connectivity index is 1.73. The van der Waals surface area contributed by atoms with Crippen LogP contribution in [0.2, 0.25) is 0 Å². The van der Waals surface area contributed by atoms with Gasteiger partial charge in [-0.25, -0.2) is 0 Å². The van der Waals surface area contributed by atoms with Gasteiger partial charge in [-0.05, 0) is 23.5 Å². The van der Waals surface area contributed by atoms with Crippen LogP contribution in [-0.2, 0) is 11.3 Å². The lowest BCUT2D eigenvalue weighted by Crippen LogP contribution is -2.31. The molecule has 0 aromatic heterocycles. The zero-order chi connectivity index (χ0) is 11.0. The van der Waals surface area contributed by atoms with Gasteiger partial charge in [0.05, 0.1) is 19.3 Å². The lowest BCUT2D eigenvalue weighted by molar-refractivity contribution is 0.0812. The number of ether oxygens (including phenoxy) is 1. The highest BCUT2D eigenvalue weighted by Crippen LogP contribution is 2.36. The Kier molecular flexibility index (Phi) is 2.70. The Morgan fingerprint density at radius 3 is 3.06 bits per heavy atom. The molecule has 1 heterocycles. The molecule has 2 nitrogen and oxygen atoms in total. The van der Waals surface area contributed by atoms with Crippen LogP contribution in [-0.4, -0.2) is 12.6 Å². The Morgan fingerprint density at radius 2 is 2.25 bits per heavy atom. The van der Waals surface area contributed by atoms with E-state index in [9.17, 15) is 0 Å². The molecule has 0 amide bonds. The lowest BCUT2D eigenvalue weighted by atomic mass is 9.99. The predicted molar refractivity (Wildman–Crippen MR) is 64.2 cm³/mol. The van der Waals surface area contributed by atoms with Crippen molar-refractivity contribution < 1.29 is 4.74 Å². The second-order valence-corrected chi connectivity index (χ2v) is 4.94. The van der Waals surface area contributed by atoms with Crippen LogP contribution in [0.15, 0.2) is 24.3 Å². The summed E-state index contributed by atoms with van der Waals surface area (Å²) in [6.45, 7) is 3.87.